The van der Waals surface area contributed by atoms with E-state index in [9.17, 15) is 19.2 Å². The predicted molar refractivity (Wildman–Crippen MR) is 118 cm³/mol. The molecular formula is C24H27FN4O2. The Labute approximate surface area is 182 Å². The maximum atomic E-state index is 14.0. The Kier molecular flexibility index (Phi) is 6.59. The number of rotatable bonds is 6. The van der Waals surface area contributed by atoms with Gasteiger partial charge in [-0.15, -0.1) is 0 Å². The second-order valence-electron chi connectivity index (χ2n) is 8.26. The van der Waals surface area contributed by atoms with E-state index in [-0.39, 0.29) is 17.2 Å². The highest BCUT2D eigenvalue weighted by Crippen LogP contribution is 2.25. The standard InChI is InChI=1S/C24H27FN4O2/c1-15(2)14-29-16(3)11-18(17(29)4)12-19(13-26)23(30)27-21-9-10-28(24(21)31)22-8-6-5-7-20(22)25/h5-8,11-12,15,21H,9-10,14H2,1-4H3,(H,27,30)/b19-12-. The third-order valence-electron chi connectivity index (χ3n) is 5.48. The molecule has 1 aromatic carbocycles. The van der Waals surface area contributed by atoms with Crippen molar-refractivity contribution in [2.75, 3.05) is 11.4 Å². The Morgan fingerprint density at radius 3 is 2.71 bits per heavy atom. The molecule has 1 N–H and O–H groups in total. The van der Waals surface area contributed by atoms with Crippen molar-refractivity contribution in [3.8, 4) is 6.07 Å². The molecule has 2 aromatic rings. The van der Waals surface area contributed by atoms with E-state index in [2.05, 4.69) is 23.7 Å². The van der Waals surface area contributed by atoms with Gasteiger partial charge in [-0.3, -0.25) is 9.59 Å². The van der Waals surface area contributed by atoms with Gasteiger partial charge in [-0.05, 0) is 56.0 Å². The number of nitrogens with one attached hydrogen (secondary N) is 1. The van der Waals surface area contributed by atoms with Gasteiger partial charge in [0.05, 0.1) is 5.69 Å². The molecule has 1 aliphatic heterocycles. The number of nitriles is 1. The highest BCUT2D eigenvalue weighted by Gasteiger charge is 2.35. The summed E-state index contributed by atoms with van der Waals surface area (Å²) < 4.78 is 16.2. The Balaban J connectivity index is 1.76. The maximum absolute atomic E-state index is 14.0. The van der Waals surface area contributed by atoms with Gasteiger partial charge in [0, 0.05) is 24.5 Å². The lowest BCUT2D eigenvalue weighted by Crippen LogP contribution is -2.42. The monoisotopic (exact) mass is 422 g/mol. The zero-order valence-corrected chi connectivity index (χ0v) is 18.3. The number of amides is 2. The molecule has 1 aromatic heterocycles. The molecule has 2 heterocycles. The van der Waals surface area contributed by atoms with Crippen LogP contribution in [0.3, 0.4) is 0 Å². The molecule has 7 heteroatoms. The molecule has 2 amide bonds. The molecule has 1 atom stereocenters. The summed E-state index contributed by atoms with van der Waals surface area (Å²) in [5.74, 6) is -1.01. The highest BCUT2D eigenvalue weighted by molar-refractivity contribution is 6.06. The van der Waals surface area contributed by atoms with Crippen LogP contribution in [0.4, 0.5) is 10.1 Å². The van der Waals surface area contributed by atoms with Crippen molar-refractivity contribution in [3.63, 3.8) is 0 Å². The molecule has 31 heavy (non-hydrogen) atoms. The summed E-state index contributed by atoms with van der Waals surface area (Å²) >= 11 is 0. The number of carbonyl (C=O) groups excluding carboxylic acids is 2. The van der Waals surface area contributed by atoms with Gasteiger partial charge in [0.15, 0.2) is 0 Å². The van der Waals surface area contributed by atoms with E-state index in [0.717, 1.165) is 23.5 Å². The number of anilines is 1. The van der Waals surface area contributed by atoms with Crippen molar-refractivity contribution in [3.05, 3.63) is 58.7 Å². The van der Waals surface area contributed by atoms with Gasteiger partial charge in [0.25, 0.3) is 5.91 Å². The molecular weight excluding hydrogens is 395 g/mol. The maximum Gasteiger partial charge on any atom is 0.262 e. The minimum atomic E-state index is -0.794. The minimum Gasteiger partial charge on any atom is -0.348 e. The fourth-order valence-electron chi connectivity index (χ4n) is 3.88. The van der Waals surface area contributed by atoms with Gasteiger partial charge in [-0.1, -0.05) is 26.0 Å². The number of aromatic nitrogens is 1. The molecule has 1 fully saturated rings. The van der Waals surface area contributed by atoms with E-state index in [4.69, 9.17) is 0 Å². The zero-order valence-electron chi connectivity index (χ0n) is 18.3. The van der Waals surface area contributed by atoms with Crippen LogP contribution >= 0.6 is 0 Å². The minimum absolute atomic E-state index is 0.0676. The summed E-state index contributed by atoms with van der Waals surface area (Å²) in [6.07, 6.45) is 1.91. The van der Waals surface area contributed by atoms with Gasteiger partial charge in [0.2, 0.25) is 5.91 Å². The second-order valence-corrected chi connectivity index (χ2v) is 8.26. The Morgan fingerprint density at radius 1 is 1.35 bits per heavy atom. The summed E-state index contributed by atoms with van der Waals surface area (Å²) in [5.41, 5.74) is 2.96. The van der Waals surface area contributed by atoms with Gasteiger partial charge < -0.3 is 14.8 Å². The van der Waals surface area contributed by atoms with Gasteiger partial charge >= 0.3 is 0 Å². The number of nitrogens with zero attached hydrogens (tertiary/aromatic N) is 3. The number of hydrogen-bond donors (Lipinski definition) is 1. The first kappa shape index (κ1) is 22.3. The zero-order chi connectivity index (χ0) is 22.7. The first-order valence-electron chi connectivity index (χ1n) is 10.4. The molecule has 0 bridgehead atoms. The average molecular weight is 423 g/mol. The highest BCUT2D eigenvalue weighted by atomic mass is 19.1. The number of halogens is 1. The molecule has 1 aliphatic rings. The summed E-state index contributed by atoms with van der Waals surface area (Å²) in [4.78, 5) is 26.8. The molecule has 0 spiro atoms. The number of carbonyl (C=O) groups is 2. The molecule has 0 radical (unpaired) electrons. The molecule has 1 unspecified atom stereocenters. The van der Waals surface area contributed by atoms with Crippen molar-refractivity contribution < 1.29 is 14.0 Å². The number of hydrogen-bond acceptors (Lipinski definition) is 3. The third-order valence-corrected chi connectivity index (χ3v) is 5.48. The summed E-state index contributed by atoms with van der Waals surface area (Å²) in [5, 5.41) is 12.2. The molecule has 6 nitrogen and oxygen atoms in total. The normalized spacial score (nSPS) is 16.7. The van der Waals surface area contributed by atoms with Gasteiger partial charge in [-0.25, -0.2) is 4.39 Å². The average Bonchev–Trinajstić information content (AvgIpc) is 3.20. The fraction of sp³-hybridized carbons (Fsp3) is 0.375. The van der Waals surface area contributed by atoms with Crippen LogP contribution in [0, 0.1) is 36.9 Å². The smallest absolute Gasteiger partial charge is 0.262 e. The molecule has 0 saturated carbocycles. The number of para-hydroxylation sites is 1. The van der Waals surface area contributed by atoms with Gasteiger partial charge in [-0.2, -0.15) is 5.26 Å². The number of aryl methyl sites for hydroxylation is 1. The first-order valence-corrected chi connectivity index (χ1v) is 10.4. The molecule has 0 aliphatic carbocycles. The fourth-order valence-corrected chi connectivity index (χ4v) is 3.88. The van der Waals surface area contributed by atoms with Crippen LogP contribution in [0.1, 0.15) is 37.2 Å². The summed E-state index contributed by atoms with van der Waals surface area (Å²) in [6.45, 7) is 9.36. The van der Waals surface area contributed by atoms with Crippen molar-refractivity contribution in [2.45, 2.75) is 46.7 Å². The van der Waals surface area contributed by atoms with E-state index in [1.807, 2.05) is 26.0 Å². The second kappa shape index (κ2) is 9.17. The van der Waals surface area contributed by atoms with Crippen molar-refractivity contribution >= 4 is 23.6 Å². The van der Waals surface area contributed by atoms with Crippen molar-refractivity contribution in [1.82, 2.24) is 9.88 Å². The SMILES string of the molecule is Cc1cc(/C=C(/C#N)C(=O)NC2CCN(c3ccccc3F)C2=O)c(C)n1CC(C)C. The largest absolute Gasteiger partial charge is 0.348 e. The van der Waals surface area contributed by atoms with Gasteiger partial charge in [0.1, 0.15) is 23.5 Å². The third kappa shape index (κ3) is 4.69. The van der Waals surface area contributed by atoms with E-state index in [1.165, 1.54) is 17.0 Å². The lowest BCUT2D eigenvalue weighted by molar-refractivity contribution is -0.124. The van der Waals surface area contributed by atoms with E-state index in [1.54, 1.807) is 18.2 Å². The van der Waals surface area contributed by atoms with Crippen LogP contribution in [0.5, 0.6) is 0 Å². The molecule has 1 saturated heterocycles. The quantitative estimate of drug-likeness (QED) is 0.569. The lowest BCUT2D eigenvalue weighted by atomic mass is 10.1. The van der Waals surface area contributed by atoms with Crippen molar-refractivity contribution in [1.29, 1.82) is 5.26 Å². The van der Waals surface area contributed by atoms with Crippen LogP contribution in [0.15, 0.2) is 35.9 Å². The Hall–Kier alpha value is -3.40. The molecule has 3 rings (SSSR count). The summed E-state index contributed by atoms with van der Waals surface area (Å²) in [7, 11) is 0. The van der Waals surface area contributed by atoms with E-state index >= 15 is 0 Å². The van der Waals surface area contributed by atoms with Crippen LogP contribution in [0.2, 0.25) is 0 Å². The van der Waals surface area contributed by atoms with E-state index in [0.29, 0.717) is 18.9 Å². The first-order chi connectivity index (χ1) is 14.7. The summed E-state index contributed by atoms with van der Waals surface area (Å²) in [6, 6.07) is 9.13. The Bertz CT molecular complexity index is 1080. The lowest BCUT2D eigenvalue weighted by Gasteiger charge is -2.17. The predicted octanol–water partition coefficient (Wildman–Crippen LogP) is 3.73. The van der Waals surface area contributed by atoms with Crippen LogP contribution in [-0.4, -0.2) is 29.0 Å². The topological polar surface area (TPSA) is 78.1 Å². The van der Waals surface area contributed by atoms with E-state index < -0.39 is 17.8 Å². The van der Waals surface area contributed by atoms with Crippen molar-refractivity contribution in [2.24, 2.45) is 5.92 Å². The van der Waals surface area contributed by atoms with Crippen LogP contribution in [-0.2, 0) is 16.1 Å². The Morgan fingerprint density at radius 2 is 2.06 bits per heavy atom. The van der Waals surface area contributed by atoms with Crippen LogP contribution < -0.4 is 10.2 Å². The van der Waals surface area contributed by atoms with Crippen LogP contribution in [0.25, 0.3) is 6.08 Å². The molecule has 162 valence electrons. The number of benzene rings is 1.